The van der Waals surface area contributed by atoms with Crippen LogP contribution in [-0.4, -0.2) is 49.6 Å². The highest BCUT2D eigenvalue weighted by Crippen LogP contribution is 2.21. The molecule has 0 aliphatic carbocycles. The van der Waals surface area contributed by atoms with Crippen LogP contribution in [0.2, 0.25) is 10.0 Å². The average molecular weight is 479 g/mol. The standard InChI is InChI=1S/C20H20Cl2N6O2S/c1-31-8-6-17(27-19(29)15-5-4-14(21)9-16(15)22)20(30)25-10-13-3-2-7-24-18(13)28-12-23-11-26-28/h2-5,7,9,11-12,17H,6,8,10H2,1H3,(H,25,30)(H,27,29). The molecule has 1 unspecified atom stereocenters. The number of hydrogen-bond donors (Lipinski definition) is 2. The highest BCUT2D eigenvalue weighted by atomic mass is 35.5. The summed E-state index contributed by atoms with van der Waals surface area (Å²) < 4.78 is 1.52. The smallest absolute Gasteiger partial charge is 0.253 e. The molecule has 0 aliphatic heterocycles. The van der Waals surface area contributed by atoms with Crippen LogP contribution in [0.1, 0.15) is 22.3 Å². The summed E-state index contributed by atoms with van der Waals surface area (Å²) in [5.74, 6) is 0.524. The summed E-state index contributed by atoms with van der Waals surface area (Å²) in [4.78, 5) is 33.8. The minimum atomic E-state index is -0.724. The lowest BCUT2D eigenvalue weighted by atomic mass is 10.1. The van der Waals surface area contributed by atoms with E-state index in [1.54, 1.807) is 30.1 Å². The van der Waals surface area contributed by atoms with Gasteiger partial charge in [-0.15, -0.1) is 0 Å². The van der Waals surface area contributed by atoms with Gasteiger partial charge in [-0.3, -0.25) is 9.59 Å². The number of amides is 2. The number of pyridine rings is 1. The van der Waals surface area contributed by atoms with Gasteiger partial charge in [-0.2, -0.15) is 16.9 Å². The maximum absolute atomic E-state index is 12.9. The predicted molar refractivity (Wildman–Crippen MR) is 122 cm³/mol. The van der Waals surface area contributed by atoms with E-state index < -0.39 is 11.9 Å². The third kappa shape index (κ3) is 6.19. The molecule has 11 heteroatoms. The van der Waals surface area contributed by atoms with E-state index in [0.717, 1.165) is 5.56 Å². The minimum Gasteiger partial charge on any atom is -0.350 e. The Morgan fingerprint density at radius 3 is 2.81 bits per heavy atom. The molecule has 1 aromatic carbocycles. The number of carbonyl (C=O) groups excluding carboxylic acids is 2. The second kappa shape index (κ2) is 11.1. The highest BCUT2D eigenvalue weighted by Gasteiger charge is 2.22. The molecule has 2 N–H and O–H groups in total. The molecule has 1 atom stereocenters. The number of nitrogens with zero attached hydrogens (tertiary/aromatic N) is 4. The van der Waals surface area contributed by atoms with Crippen LogP contribution in [0.4, 0.5) is 0 Å². The third-order valence-electron chi connectivity index (χ3n) is 4.36. The second-order valence-electron chi connectivity index (χ2n) is 6.48. The van der Waals surface area contributed by atoms with Crippen molar-refractivity contribution in [1.82, 2.24) is 30.4 Å². The molecule has 2 aromatic heterocycles. The van der Waals surface area contributed by atoms with E-state index in [9.17, 15) is 9.59 Å². The van der Waals surface area contributed by atoms with Crippen LogP contribution in [0.25, 0.3) is 5.82 Å². The molecule has 0 saturated heterocycles. The van der Waals surface area contributed by atoms with Gasteiger partial charge in [-0.05, 0) is 42.7 Å². The van der Waals surface area contributed by atoms with Crippen molar-refractivity contribution in [1.29, 1.82) is 0 Å². The molecule has 0 bridgehead atoms. The zero-order valence-corrected chi connectivity index (χ0v) is 18.9. The van der Waals surface area contributed by atoms with E-state index in [2.05, 4.69) is 25.7 Å². The summed E-state index contributed by atoms with van der Waals surface area (Å²) in [6.07, 6.45) is 6.98. The first-order valence-electron chi connectivity index (χ1n) is 9.31. The molecular formula is C20H20Cl2N6O2S. The van der Waals surface area contributed by atoms with Crippen molar-refractivity contribution < 1.29 is 9.59 Å². The molecule has 8 nitrogen and oxygen atoms in total. The molecule has 0 fully saturated rings. The molecule has 0 radical (unpaired) electrons. The summed E-state index contributed by atoms with van der Waals surface area (Å²) in [7, 11) is 0. The van der Waals surface area contributed by atoms with Gasteiger partial charge < -0.3 is 10.6 Å². The van der Waals surface area contributed by atoms with Crippen LogP contribution in [0, 0.1) is 0 Å². The quantitative estimate of drug-likeness (QED) is 0.489. The number of carbonyl (C=O) groups is 2. The number of rotatable bonds is 9. The first-order chi connectivity index (χ1) is 15.0. The summed E-state index contributed by atoms with van der Waals surface area (Å²) >= 11 is 13.6. The summed E-state index contributed by atoms with van der Waals surface area (Å²) in [5, 5.41) is 10.4. The number of benzene rings is 1. The molecule has 31 heavy (non-hydrogen) atoms. The summed E-state index contributed by atoms with van der Waals surface area (Å²) in [6, 6.07) is 7.49. The first-order valence-corrected chi connectivity index (χ1v) is 11.5. The van der Waals surface area contributed by atoms with Gasteiger partial charge in [-0.25, -0.2) is 14.6 Å². The van der Waals surface area contributed by atoms with E-state index >= 15 is 0 Å². The number of thioether (sulfide) groups is 1. The topological polar surface area (TPSA) is 102 Å². The number of halogens is 2. The summed E-state index contributed by atoms with van der Waals surface area (Å²) in [6.45, 7) is 0.217. The third-order valence-corrected chi connectivity index (χ3v) is 5.56. The fourth-order valence-electron chi connectivity index (χ4n) is 2.81. The van der Waals surface area contributed by atoms with Gasteiger partial charge >= 0.3 is 0 Å². The van der Waals surface area contributed by atoms with Crippen molar-refractivity contribution in [3.63, 3.8) is 0 Å². The minimum absolute atomic E-state index is 0.217. The number of aromatic nitrogens is 4. The van der Waals surface area contributed by atoms with Crippen LogP contribution in [0.15, 0.2) is 49.2 Å². The van der Waals surface area contributed by atoms with E-state index in [1.807, 2.05) is 12.3 Å². The Morgan fingerprint density at radius 2 is 2.10 bits per heavy atom. The molecule has 0 saturated carbocycles. The van der Waals surface area contributed by atoms with Gasteiger partial charge in [0, 0.05) is 23.3 Å². The maximum atomic E-state index is 12.9. The fraction of sp³-hybridized carbons (Fsp3) is 0.250. The summed E-state index contributed by atoms with van der Waals surface area (Å²) in [5.41, 5.74) is 1.02. The Bertz CT molecular complexity index is 1050. The highest BCUT2D eigenvalue weighted by molar-refractivity contribution is 7.98. The van der Waals surface area contributed by atoms with Gasteiger partial charge in [0.1, 0.15) is 18.7 Å². The van der Waals surface area contributed by atoms with Gasteiger partial charge in [0.25, 0.3) is 5.91 Å². The lowest BCUT2D eigenvalue weighted by Crippen LogP contribution is -2.47. The van der Waals surface area contributed by atoms with Crippen molar-refractivity contribution >= 4 is 46.8 Å². The second-order valence-corrected chi connectivity index (χ2v) is 8.30. The largest absolute Gasteiger partial charge is 0.350 e. The Hall–Kier alpha value is -2.62. The van der Waals surface area contributed by atoms with Crippen LogP contribution in [-0.2, 0) is 11.3 Å². The molecule has 3 rings (SSSR count). The van der Waals surface area contributed by atoms with Crippen molar-refractivity contribution in [2.75, 3.05) is 12.0 Å². The maximum Gasteiger partial charge on any atom is 0.253 e. The molecule has 0 aliphatic rings. The van der Waals surface area contributed by atoms with Crippen LogP contribution >= 0.6 is 35.0 Å². The number of hydrogen-bond acceptors (Lipinski definition) is 6. The van der Waals surface area contributed by atoms with Crippen molar-refractivity contribution in [2.24, 2.45) is 0 Å². The van der Waals surface area contributed by atoms with E-state index in [4.69, 9.17) is 23.2 Å². The number of nitrogens with one attached hydrogen (secondary N) is 2. The van der Waals surface area contributed by atoms with Crippen molar-refractivity contribution in [2.45, 2.75) is 19.0 Å². The Balaban J connectivity index is 1.70. The lowest BCUT2D eigenvalue weighted by Gasteiger charge is -2.19. The molecule has 2 heterocycles. The Morgan fingerprint density at radius 1 is 1.26 bits per heavy atom. The van der Waals surface area contributed by atoms with Crippen molar-refractivity contribution in [3.8, 4) is 5.82 Å². The predicted octanol–water partition coefficient (Wildman–Crippen LogP) is 3.14. The SMILES string of the molecule is CSCCC(NC(=O)c1ccc(Cl)cc1Cl)C(=O)NCc1cccnc1-n1cncn1. The van der Waals surface area contributed by atoms with E-state index in [0.29, 0.717) is 23.0 Å². The van der Waals surface area contributed by atoms with Gasteiger partial charge in [0.15, 0.2) is 5.82 Å². The Labute approximate surface area is 193 Å². The molecule has 2 amide bonds. The van der Waals surface area contributed by atoms with Gasteiger partial charge in [0.05, 0.1) is 10.6 Å². The normalized spacial score (nSPS) is 11.7. The molecule has 3 aromatic rings. The molecule has 0 spiro atoms. The molecular weight excluding hydrogens is 459 g/mol. The monoisotopic (exact) mass is 478 g/mol. The van der Waals surface area contributed by atoms with Crippen LogP contribution in [0.5, 0.6) is 0 Å². The average Bonchev–Trinajstić information content (AvgIpc) is 3.29. The Kier molecular flexibility index (Phi) is 8.27. The van der Waals surface area contributed by atoms with Crippen molar-refractivity contribution in [3.05, 3.63) is 70.4 Å². The van der Waals surface area contributed by atoms with Crippen LogP contribution in [0.3, 0.4) is 0 Å². The van der Waals surface area contributed by atoms with E-state index in [-0.39, 0.29) is 23.0 Å². The van der Waals surface area contributed by atoms with E-state index in [1.165, 1.54) is 29.5 Å². The molecule has 162 valence electrons. The lowest BCUT2D eigenvalue weighted by molar-refractivity contribution is -0.123. The van der Waals surface area contributed by atoms with Crippen LogP contribution < -0.4 is 10.6 Å². The fourth-order valence-corrected chi connectivity index (χ4v) is 3.78. The van der Waals surface area contributed by atoms with Gasteiger partial charge in [0.2, 0.25) is 5.91 Å². The van der Waals surface area contributed by atoms with Gasteiger partial charge in [-0.1, -0.05) is 29.3 Å². The first kappa shape index (κ1) is 23.1. The zero-order chi connectivity index (χ0) is 22.2. The zero-order valence-electron chi connectivity index (χ0n) is 16.6.